The lowest BCUT2D eigenvalue weighted by molar-refractivity contribution is 0.0196. The molecule has 1 aliphatic rings. The summed E-state index contributed by atoms with van der Waals surface area (Å²) in [5.41, 5.74) is 0. The van der Waals surface area contributed by atoms with Crippen molar-refractivity contribution in [2.45, 2.75) is 12.5 Å². The molecule has 0 saturated carbocycles. The van der Waals surface area contributed by atoms with Gasteiger partial charge in [-0.05, 0) is 0 Å². The molecule has 2 nitrogen and oxygen atoms in total. The number of alkyl halides is 2. The topological polar surface area (TPSA) is 29.5 Å². The van der Waals surface area contributed by atoms with E-state index < -0.39 is 18.4 Å². The third kappa shape index (κ3) is 1.37. The zero-order valence-corrected chi connectivity index (χ0v) is 4.76. The number of rotatable bonds is 1. The quantitative estimate of drug-likeness (QED) is 0.563. The Kier molecular flexibility index (Phi) is 1.97. The highest BCUT2D eigenvalue weighted by Gasteiger charge is 2.33. The number of halogens is 2. The predicted octanol–water partition coefficient (Wildman–Crippen LogP) is 0.259. The van der Waals surface area contributed by atoms with Gasteiger partial charge in [-0.3, -0.25) is 0 Å². The molecule has 0 aromatic carbocycles. The molecule has 9 heavy (non-hydrogen) atoms. The average molecular weight is 138 g/mol. The van der Waals surface area contributed by atoms with E-state index in [4.69, 9.17) is 5.11 Å². The second-order valence-corrected chi connectivity index (χ2v) is 2.10. The first-order chi connectivity index (χ1) is 4.22. The van der Waals surface area contributed by atoms with Crippen molar-refractivity contribution in [2.75, 3.05) is 13.2 Å². The minimum atomic E-state index is -2.46. The fourth-order valence-electron chi connectivity index (χ4n) is 0.800. The van der Waals surface area contributed by atoms with E-state index in [1.807, 2.05) is 0 Å². The van der Waals surface area contributed by atoms with Crippen LogP contribution in [-0.4, -0.2) is 30.8 Å². The molecule has 0 radical (unpaired) electrons. The van der Waals surface area contributed by atoms with Crippen molar-refractivity contribution in [3.05, 3.63) is 0 Å². The molecule has 0 aliphatic carbocycles. The lowest BCUT2D eigenvalue weighted by Gasteiger charge is -2.08. The van der Waals surface area contributed by atoms with Gasteiger partial charge in [-0.15, -0.1) is 0 Å². The minimum absolute atomic E-state index is 0.0150. The Hall–Kier alpha value is -0.220. The molecule has 2 atom stereocenters. The smallest absolute Gasteiger partial charge is 0.246 e. The molecule has 1 aliphatic heterocycles. The van der Waals surface area contributed by atoms with Gasteiger partial charge in [0.15, 0.2) is 0 Å². The molecule has 1 saturated heterocycles. The second kappa shape index (κ2) is 2.58. The largest absolute Gasteiger partial charge is 0.390 e. The van der Waals surface area contributed by atoms with Crippen molar-refractivity contribution in [2.24, 2.45) is 5.92 Å². The van der Waals surface area contributed by atoms with E-state index in [9.17, 15) is 8.78 Å². The van der Waals surface area contributed by atoms with Gasteiger partial charge < -0.3 is 9.84 Å². The van der Waals surface area contributed by atoms with Crippen LogP contribution in [0, 0.1) is 5.92 Å². The third-order valence-electron chi connectivity index (χ3n) is 1.42. The van der Waals surface area contributed by atoms with Gasteiger partial charge in [0, 0.05) is 0 Å². The van der Waals surface area contributed by atoms with Crippen LogP contribution in [0.3, 0.4) is 0 Å². The van der Waals surface area contributed by atoms with E-state index in [2.05, 4.69) is 4.74 Å². The van der Waals surface area contributed by atoms with E-state index in [1.165, 1.54) is 0 Å². The van der Waals surface area contributed by atoms with Crippen LogP contribution in [0.1, 0.15) is 0 Å². The molecule has 54 valence electrons. The monoisotopic (exact) mass is 138 g/mol. The number of hydrogen-bond donors (Lipinski definition) is 1. The molecule has 4 heteroatoms. The molecule has 1 N–H and O–H groups in total. The molecule has 0 aromatic heterocycles. The Morgan fingerprint density at radius 1 is 1.44 bits per heavy atom. The Labute approximate surface area is 51.4 Å². The van der Waals surface area contributed by atoms with Gasteiger partial charge >= 0.3 is 0 Å². The number of aliphatic hydroxyl groups excluding tert-OH is 1. The molecule has 1 fully saturated rings. The van der Waals surface area contributed by atoms with Crippen LogP contribution in [0.25, 0.3) is 0 Å². The van der Waals surface area contributed by atoms with Crippen LogP contribution in [0.5, 0.6) is 0 Å². The van der Waals surface area contributed by atoms with E-state index in [1.54, 1.807) is 0 Å². The third-order valence-corrected chi connectivity index (χ3v) is 1.42. The molecule has 0 bridgehead atoms. The summed E-state index contributed by atoms with van der Waals surface area (Å²) in [6.45, 7) is 0.0356. The fourth-order valence-corrected chi connectivity index (χ4v) is 0.800. The molecule has 1 heterocycles. The van der Waals surface area contributed by atoms with Crippen LogP contribution >= 0.6 is 0 Å². The first-order valence-corrected chi connectivity index (χ1v) is 2.76. The van der Waals surface area contributed by atoms with Gasteiger partial charge in [-0.2, -0.15) is 0 Å². The SMILES string of the molecule is O[C@@H]1COC[C@H]1C(F)F. The first-order valence-electron chi connectivity index (χ1n) is 2.76. The molecule has 0 unspecified atom stereocenters. The normalized spacial score (nSPS) is 36.0. The second-order valence-electron chi connectivity index (χ2n) is 2.10. The van der Waals surface area contributed by atoms with Crippen LogP contribution in [-0.2, 0) is 4.74 Å². The Morgan fingerprint density at radius 3 is 2.33 bits per heavy atom. The lowest BCUT2D eigenvalue weighted by Crippen LogP contribution is -2.24. The first kappa shape index (κ1) is 6.89. The van der Waals surface area contributed by atoms with E-state index in [0.29, 0.717) is 0 Å². The maximum atomic E-state index is 11.8. The van der Waals surface area contributed by atoms with Crippen molar-refractivity contribution in [1.29, 1.82) is 0 Å². The summed E-state index contributed by atoms with van der Waals surface area (Å²) >= 11 is 0. The number of ether oxygens (including phenoxy) is 1. The predicted molar refractivity (Wildman–Crippen MR) is 26.3 cm³/mol. The van der Waals surface area contributed by atoms with Crippen LogP contribution in [0.15, 0.2) is 0 Å². The highest BCUT2D eigenvalue weighted by Crippen LogP contribution is 2.20. The Morgan fingerprint density at radius 2 is 2.11 bits per heavy atom. The summed E-state index contributed by atoms with van der Waals surface area (Å²) in [7, 11) is 0. The van der Waals surface area contributed by atoms with Crippen molar-refractivity contribution < 1.29 is 18.6 Å². The lowest BCUT2D eigenvalue weighted by atomic mass is 10.1. The fraction of sp³-hybridized carbons (Fsp3) is 1.00. The Bertz CT molecular complexity index is 97.0. The molecular weight excluding hydrogens is 130 g/mol. The van der Waals surface area contributed by atoms with Crippen molar-refractivity contribution in [1.82, 2.24) is 0 Å². The Balaban J connectivity index is 2.40. The van der Waals surface area contributed by atoms with Gasteiger partial charge in [0.25, 0.3) is 0 Å². The summed E-state index contributed by atoms with van der Waals surface area (Å²) < 4.78 is 28.1. The average Bonchev–Trinajstić information content (AvgIpc) is 2.13. The maximum absolute atomic E-state index is 11.8. The van der Waals surface area contributed by atoms with Gasteiger partial charge in [0.2, 0.25) is 6.43 Å². The molecule has 0 amide bonds. The van der Waals surface area contributed by atoms with Gasteiger partial charge in [0.05, 0.1) is 25.2 Å². The van der Waals surface area contributed by atoms with Crippen molar-refractivity contribution in [3.8, 4) is 0 Å². The van der Waals surface area contributed by atoms with Crippen LogP contribution < -0.4 is 0 Å². The number of hydrogen-bond acceptors (Lipinski definition) is 2. The minimum Gasteiger partial charge on any atom is -0.390 e. The van der Waals surface area contributed by atoms with Crippen molar-refractivity contribution >= 4 is 0 Å². The summed E-state index contributed by atoms with van der Waals surface area (Å²) in [5.74, 6) is -0.968. The molecular formula is C5H8F2O2. The molecule has 0 spiro atoms. The van der Waals surface area contributed by atoms with Gasteiger partial charge in [0.1, 0.15) is 0 Å². The number of aliphatic hydroxyl groups is 1. The van der Waals surface area contributed by atoms with E-state index in [0.717, 1.165) is 0 Å². The zero-order valence-electron chi connectivity index (χ0n) is 4.76. The highest BCUT2D eigenvalue weighted by atomic mass is 19.3. The standard InChI is InChI=1S/C5H8F2O2/c6-5(7)3-1-9-2-4(3)8/h3-5,8H,1-2H2/t3-,4-/m1/s1. The zero-order chi connectivity index (χ0) is 6.85. The summed E-state index contributed by atoms with van der Waals surface area (Å²) in [5, 5.41) is 8.75. The summed E-state index contributed by atoms with van der Waals surface area (Å²) in [4.78, 5) is 0. The molecule has 1 rings (SSSR count). The summed E-state index contributed by atoms with van der Waals surface area (Å²) in [6.07, 6.45) is -3.42. The van der Waals surface area contributed by atoms with Crippen molar-refractivity contribution in [3.63, 3.8) is 0 Å². The van der Waals surface area contributed by atoms with Crippen LogP contribution in [0.4, 0.5) is 8.78 Å². The van der Waals surface area contributed by atoms with E-state index in [-0.39, 0.29) is 13.2 Å². The van der Waals surface area contributed by atoms with Crippen LogP contribution in [0.2, 0.25) is 0 Å². The summed E-state index contributed by atoms with van der Waals surface area (Å²) in [6, 6.07) is 0. The molecule has 0 aromatic rings. The van der Waals surface area contributed by atoms with Gasteiger partial charge in [-0.25, -0.2) is 8.78 Å². The maximum Gasteiger partial charge on any atom is 0.246 e. The van der Waals surface area contributed by atoms with E-state index >= 15 is 0 Å². The van der Waals surface area contributed by atoms with Gasteiger partial charge in [-0.1, -0.05) is 0 Å². The highest BCUT2D eigenvalue weighted by molar-refractivity contribution is 4.75.